The molecule has 1 aliphatic heterocycles. The van der Waals surface area contributed by atoms with Crippen LogP contribution in [0.5, 0.6) is 11.5 Å². The average molecular weight is 382 g/mol. The van der Waals surface area contributed by atoms with Crippen LogP contribution in [0.25, 0.3) is 0 Å². The molecule has 0 atom stereocenters. The molecule has 28 heavy (non-hydrogen) atoms. The number of nitrogens with zero attached hydrogens (tertiary/aromatic N) is 1. The van der Waals surface area contributed by atoms with Crippen LogP contribution in [0.15, 0.2) is 48.5 Å². The average Bonchev–Trinajstić information content (AvgIpc) is 2.74. The number of hydrogen-bond acceptors (Lipinski definition) is 4. The minimum Gasteiger partial charge on any atom is -0.497 e. The lowest BCUT2D eigenvalue weighted by molar-refractivity contribution is -0.144. The Morgan fingerprint density at radius 2 is 1.75 bits per heavy atom. The number of carbonyl (C=O) groups excluding carboxylic acids is 2. The first-order valence-corrected chi connectivity index (χ1v) is 9.47. The fraction of sp³-hybridized carbons (Fsp3) is 0.364. The van der Waals surface area contributed by atoms with Crippen LogP contribution in [0.1, 0.15) is 18.4 Å². The highest BCUT2D eigenvalue weighted by Crippen LogP contribution is 2.29. The van der Waals surface area contributed by atoms with Crippen LogP contribution in [0.3, 0.4) is 0 Å². The summed E-state index contributed by atoms with van der Waals surface area (Å²) in [7, 11) is 3.05. The zero-order valence-corrected chi connectivity index (χ0v) is 16.3. The Labute approximate surface area is 165 Å². The number of methoxy groups -OCH3 is 2. The Balaban J connectivity index is 1.55. The molecule has 1 saturated heterocycles. The first kappa shape index (κ1) is 19.7. The van der Waals surface area contributed by atoms with Crippen LogP contribution in [-0.4, -0.2) is 44.0 Å². The molecule has 1 heterocycles. The number of ether oxygens (including phenoxy) is 2. The van der Waals surface area contributed by atoms with Gasteiger partial charge in [-0.15, -0.1) is 0 Å². The van der Waals surface area contributed by atoms with Gasteiger partial charge in [0.25, 0.3) is 0 Å². The number of likely N-dealkylation sites (tertiary alicyclic amines) is 1. The second kappa shape index (κ2) is 9.26. The summed E-state index contributed by atoms with van der Waals surface area (Å²) in [5.74, 6) is 0.415. The molecule has 0 bridgehead atoms. The second-order valence-corrected chi connectivity index (χ2v) is 6.95. The summed E-state index contributed by atoms with van der Waals surface area (Å²) in [5.41, 5.74) is 1.73. The third-order valence-corrected chi connectivity index (χ3v) is 5.12. The molecule has 2 aromatic rings. The Morgan fingerprint density at radius 1 is 1.04 bits per heavy atom. The maximum Gasteiger partial charge on any atom is 0.314 e. The molecule has 2 amide bonds. The fourth-order valence-electron chi connectivity index (χ4n) is 3.52. The highest BCUT2D eigenvalue weighted by atomic mass is 16.5. The maximum atomic E-state index is 12.6. The molecule has 1 fully saturated rings. The molecule has 0 saturated carbocycles. The number of carbonyl (C=O) groups is 2. The minimum absolute atomic E-state index is 0.416. The van der Waals surface area contributed by atoms with Crippen molar-refractivity contribution in [3.05, 3.63) is 54.1 Å². The number of benzene rings is 2. The van der Waals surface area contributed by atoms with Crippen molar-refractivity contribution in [3.8, 4) is 11.5 Å². The summed E-state index contributed by atoms with van der Waals surface area (Å²) >= 11 is 0. The molecule has 0 spiro atoms. The van der Waals surface area contributed by atoms with Gasteiger partial charge in [0.1, 0.15) is 11.5 Å². The van der Waals surface area contributed by atoms with E-state index in [2.05, 4.69) is 17.4 Å². The van der Waals surface area contributed by atoms with Gasteiger partial charge in [-0.1, -0.05) is 30.3 Å². The van der Waals surface area contributed by atoms with E-state index in [1.807, 2.05) is 18.2 Å². The standard InChI is InChI=1S/C22H26N2O4/c1-27-18-8-9-20(28-2)19(15-18)23-21(25)22(26)24-12-10-17(11-13-24)14-16-6-4-3-5-7-16/h3-9,15,17H,10-14H2,1-2H3,(H,23,25). The summed E-state index contributed by atoms with van der Waals surface area (Å²) in [5, 5.41) is 2.65. The van der Waals surface area contributed by atoms with Crippen LogP contribution in [0.4, 0.5) is 5.69 Å². The Kier molecular flexibility index (Phi) is 6.53. The van der Waals surface area contributed by atoms with Gasteiger partial charge in [0.05, 0.1) is 19.9 Å². The summed E-state index contributed by atoms with van der Waals surface area (Å²) in [6, 6.07) is 15.4. The minimum atomic E-state index is -0.659. The first-order chi connectivity index (χ1) is 13.6. The van der Waals surface area contributed by atoms with Gasteiger partial charge >= 0.3 is 11.8 Å². The predicted molar refractivity (Wildman–Crippen MR) is 108 cm³/mol. The largest absolute Gasteiger partial charge is 0.497 e. The zero-order chi connectivity index (χ0) is 19.9. The van der Waals surface area contributed by atoms with E-state index in [9.17, 15) is 9.59 Å². The molecule has 3 rings (SSSR count). The number of piperidine rings is 1. The number of anilines is 1. The molecule has 2 aromatic carbocycles. The number of nitrogens with one attached hydrogen (secondary N) is 1. The summed E-state index contributed by atoms with van der Waals surface area (Å²) in [6.07, 6.45) is 2.81. The quantitative estimate of drug-likeness (QED) is 0.807. The molecule has 1 N–H and O–H groups in total. The van der Waals surface area contributed by atoms with Gasteiger partial charge < -0.3 is 19.7 Å². The van der Waals surface area contributed by atoms with Crippen LogP contribution in [0, 0.1) is 5.92 Å². The van der Waals surface area contributed by atoms with Gasteiger partial charge in [0.2, 0.25) is 0 Å². The zero-order valence-electron chi connectivity index (χ0n) is 16.3. The summed E-state index contributed by atoms with van der Waals surface area (Å²) in [6.45, 7) is 1.19. The van der Waals surface area contributed by atoms with Crippen molar-refractivity contribution in [3.63, 3.8) is 0 Å². The van der Waals surface area contributed by atoms with Crippen molar-refractivity contribution >= 4 is 17.5 Å². The van der Waals surface area contributed by atoms with Gasteiger partial charge in [-0.2, -0.15) is 0 Å². The number of amides is 2. The van der Waals surface area contributed by atoms with Gasteiger partial charge in [-0.3, -0.25) is 9.59 Å². The van der Waals surface area contributed by atoms with Gasteiger partial charge in [-0.25, -0.2) is 0 Å². The molecular formula is C22H26N2O4. The smallest absolute Gasteiger partial charge is 0.314 e. The highest BCUT2D eigenvalue weighted by molar-refractivity contribution is 6.39. The number of rotatable bonds is 5. The lowest BCUT2D eigenvalue weighted by atomic mass is 9.90. The predicted octanol–water partition coefficient (Wildman–Crippen LogP) is 3.12. The van der Waals surface area contributed by atoms with E-state index in [0.29, 0.717) is 36.2 Å². The van der Waals surface area contributed by atoms with E-state index in [0.717, 1.165) is 19.3 Å². The molecule has 6 nitrogen and oxygen atoms in total. The van der Waals surface area contributed by atoms with E-state index < -0.39 is 11.8 Å². The summed E-state index contributed by atoms with van der Waals surface area (Å²) < 4.78 is 10.4. The van der Waals surface area contributed by atoms with Crippen LogP contribution < -0.4 is 14.8 Å². The molecule has 0 aliphatic carbocycles. The van der Waals surface area contributed by atoms with E-state index >= 15 is 0 Å². The SMILES string of the molecule is COc1ccc(OC)c(NC(=O)C(=O)N2CCC(Cc3ccccc3)CC2)c1. The van der Waals surface area contributed by atoms with E-state index in [1.54, 1.807) is 23.1 Å². The third-order valence-electron chi connectivity index (χ3n) is 5.12. The monoisotopic (exact) mass is 382 g/mol. The number of hydrogen-bond donors (Lipinski definition) is 1. The van der Waals surface area contributed by atoms with Gasteiger partial charge in [-0.05, 0) is 42.9 Å². The molecule has 6 heteroatoms. The van der Waals surface area contributed by atoms with E-state index in [1.165, 1.54) is 19.8 Å². The van der Waals surface area contributed by atoms with Crippen LogP contribution in [0.2, 0.25) is 0 Å². The maximum absolute atomic E-state index is 12.6. The Morgan fingerprint density at radius 3 is 2.39 bits per heavy atom. The van der Waals surface area contributed by atoms with Crippen LogP contribution >= 0.6 is 0 Å². The molecule has 1 aliphatic rings. The van der Waals surface area contributed by atoms with E-state index in [-0.39, 0.29) is 0 Å². The van der Waals surface area contributed by atoms with Crippen LogP contribution in [-0.2, 0) is 16.0 Å². The second-order valence-electron chi connectivity index (χ2n) is 6.95. The third kappa shape index (κ3) is 4.82. The van der Waals surface area contributed by atoms with Crippen molar-refractivity contribution in [2.45, 2.75) is 19.3 Å². The van der Waals surface area contributed by atoms with Crippen molar-refractivity contribution in [2.24, 2.45) is 5.92 Å². The molecule has 0 unspecified atom stereocenters. The normalized spacial score (nSPS) is 14.4. The van der Waals surface area contributed by atoms with Crippen molar-refractivity contribution in [2.75, 3.05) is 32.6 Å². The lowest BCUT2D eigenvalue weighted by Crippen LogP contribution is -2.44. The fourth-order valence-corrected chi connectivity index (χ4v) is 3.52. The Hall–Kier alpha value is -3.02. The summed E-state index contributed by atoms with van der Waals surface area (Å²) in [4.78, 5) is 26.6. The van der Waals surface area contributed by atoms with Gasteiger partial charge in [0, 0.05) is 19.2 Å². The molecule has 0 radical (unpaired) electrons. The first-order valence-electron chi connectivity index (χ1n) is 9.47. The highest BCUT2D eigenvalue weighted by Gasteiger charge is 2.27. The molecule has 148 valence electrons. The Bertz CT molecular complexity index is 815. The van der Waals surface area contributed by atoms with Gasteiger partial charge in [0.15, 0.2) is 0 Å². The van der Waals surface area contributed by atoms with Crippen molar-refractivity contribution in [1.82, 2.24) is 4.90 Å². The lowest BCUT2D eigenvalue weighted by Gasteiger charge is -2.31. The van der Waals surface area contributed by atoms with Crippen molar-refractivity contribution < 1.29 is 19.1 Å². The topological polar surface area (TPSA) is 67.9 Å². The molecule has 0 aromatic heterocycles. The molecular weight excluding hydrogens is 356 g/mol. The van der Waals surface area contributed by atoms with Crippen molar-refractivity contribution in [1.29, 1.82) is 0 Å². The van der Waals surface area contributed by atoms with E-state index in [4.69, 9.17) is 9.47 Å².